The molecule has 124 valence electrons. The highest BCUT2D eigenvalue weighted by atomic mass is 32.1. The third-order valence-corrected chi connectivity index (χ3v) is 4.75. The summed E-state index contributed by atoms with van der Waals surface area (Å²) in [7, 11) is 0. The predicted molar refractivity (Wildman–Crippen MR) is 103 cm³/mol. The van der Waals surface area contributed by atoms with Crippen LogP contribution < -0.4 is 10.1 Å². The molecule has 0 radical (unpaired) electrons. The van der Waals surface area contributed by atoms with Gasteiger partial charge in [0.2, 0.25) is 0 Å². The number of hydrogen-bond acceptors (Lipinski definition) is 4. The first-order valence-corrected chi connectivity index (χ1v) is 8.94. The van der Waals surface area contributed by atoms with Crippen molar-refractivity contribution < 1.29 is 4.74 Å². The Balaban J connectivity index is 1.92. The topological polar surface area (TPSA) is 34.1 Å². The van der Waals surface area contributed by atoms with E-state index in [-0.39, 0.29) is 0 Å². The number of rotatable bonds is 5. The number of para-hydroxylation sites is 2. The molecule has 0 aliphatic rings. The molecule has 0 unspecified atom stereocenters. The maximum Gasteiger partial charge on any atom is 0.188 e. The molecule has 0 spiro atoms. The summed E-state index contributed by atoms with van der Waals surface area (Å²) in [6.45, 7) is 9.00. The van der Waals surface area contributed by atoms with Gasteiger partial charge in [0.15, 0.2) is 5.13 Å². The summed E-state index contributed by atoms with van der Waals surface area (Å²) in [6.07, 6.45) is 0. The molecule has 4 heteroatoms. The van der Waals surface area contributed by atoms with Gasteiger partial charge in [-0.15, -0.1) is 11.3 Å². The van der Waals surface area contributed by atoms with E-state index in [4.69, 9.17) is 9.72 Å². The van der Waals surface area contributed by atoms with E-state index in [0.717, 1.165) is 22.3 Å². The summed E-state index contributed by atoms with van der Waals surface area (Å²) in [4.78, 5) is 6.03. The molecule has 1 N–H and O–H groups in total. The molecule has 3 rings (SSSR count). The minimum atomic E-state index is 0.642. The van der Waals surface area contributed by atoms with Crippen LogP contribution in [0.25, 0.3) is 11.3 Å². The second kappa shape index (κ2) is 7.05. The Morgan fingerprint density at radius 1 is 1.08 bits per heavy atom. The van der Waals surface area contributed by atoms with Gasteiger partial charge < -0.3 is 10.1 Å². The molecule has 1 heterocycles. The lowest BCUT2D eigenvalue weighted by Crippen LogP contribution is -1.97. The highest BCUT2D eigenvalue weighted by Crippen LogP contribution is 2.35. The number of aryl methyl sites for hydroxylation is 3. The summed E-state index contributed by atoms with van der Waals surface area (Å²) < 4.78 is 5.68. The molecule has 1 aromatic heterocycles. The van der Waals surface area contributed by atoms with Crippen LogP contribution in [0.15, 0.2) is 42.5 Å². The van der Waals surface area contributed by atoms with Crippen LogP contribution in [-0.4, -0.2) is 11.6 Å². The molecule has 0 saturated carbocycles. The number of benzene rings is 2. The van der Waals surface area contributed by atoms with Gasteiger partial charge in [-0.3, -0.25) is 0 Å². The van der Waals surface area contributed by atoms with E-state index >= 15 is 0 Å². The normalized spacial score (nSPS) is 10.7. The Kier molecular flexibility index (Phi) is 4.86. The van der Waals surface area contributed by atoms with Crippen LogP contribution in [-0.2, 0) is 0 Å². The third-order valence-electron chi connectivity index (χ3n) is 3.86. The fraction of sp³-hybridized carbons (Fsp3) is 0.250. The molecule has 24 heavy (non-hydrogen) atoms. The van der Waals surface area contributed by atoms with Crippen LogP contribution in [0.4, 0.5) is 10.8 Å². The van der Waals surface area contributed by atoms with Crippen molar-refractivity contribution in [1.29, 1.82) is 0 Å². The van der Waals surface area contributed by atoms with Gasteiger partial charge in [0, 0.05) is 10.4 Å². The highest BCUT2D eigenvalue weighted by Gasteiger charge is 2.13. The molecule has 0 bridgehead atoms. The Morgan fingerprint density at radius 2 is 1.88 bits per heavy atom. The van der Waals surface area contributed by atoms with Crippen LogP contribution in [0.1, 0.15) is 22.9 Å². The zero-order valence-electron chi connectivity index (χ0n) is 14.5. The fourth-order valence-corrected chi connectivity index (χ4v) is 3.59. The SMILES string of the molecule is CCOc1ccccc1Nc1nc(-c2ccc(C)cc2C)c(C)s1. The minimum absolute atomic E-state index is 0.642. The van der Waals surface area contributed by atoms with E-state index in [2.05, 4.69) is 44.3 Å². The first kappa shape index (κ1) is 16.5. The van der Waals surface area contributed by atoms with Gasteiger partial charge in [0.25, 0.3) is 0 Å². The molecular formula is C20H22N2OS. The Hall–Kier alpha value is -2.33. The van der Waals surface area contributed by atoms with Crippen molar-refractivity contribution in [2.75, 3.05) is 11.9 Å². The number of thiazole rings is 1. The highest BCUT2D eigenvalue weighted by molar-refractivity contribution is 7.16. The summed E-state index contributed by atoms with van der Waals surface area (Å²) in [5.74, 6) is 0.848. The first-order chi connectivity index (χ1) is 11.6. The number of ether oxygens (including phenoxy) is 1. The Morgan fingerprint density at radius 3 is 2.62 bits per heavy atom. The summed E-state index contributed by atoms with van der Waals surface area (Å²) in [5, 5.41) is 4.29. The van der Waals surface area contributed by atoms with Gasteiger partial charge in [-0.2, -0.15) is 0 Å². The molecule has 0 atom stereocenters. The Labute approximate surface area is 147 Å². The van der Waals surface area contributed by atoms with Crippen molar-refractivity contribution in [3.63, 3.8) is 0 Å². The molecule has 0 aliphatic carbocycles. The number of nitrogens with zero attached hydrogens (tertiary/aromatic N) is 1. The number of hydrogen-bond donors (Lipinski definition) is 1. The van der Waals surface area contributed by atoms with Crippen LogP contribution in [0.5, 0.6) is 5.75 Å². The van der Waals surface area contributed by atoms with Crippen molar-refractivity contribution in [3.05, 3.63) is 58.5 Å². The van der Waals surface area contributed by atoms with E-state index in [9.17, 15) is 0 Å². The van der Waals surface area contributed by atoms with Crippen LogP contribution >= 0.6 is 11.3 Å². The molecule has 3 aromatic rings. The maximum atomic E-state index is 5.68. The standard InChI is InChI=1S/C20H22N2OS/c1-5-23-18-9-7-6-8-17(18)21-20-22-19(15(4)24-20)16-11-10-13(2)12-14(16)3/h6-12H,5H2,1-4H3,(H,21,22). The lowest BCUT2D eigenvalue weighted by atomic mass is 10.0. The second-order valence-electron chi connectivity index (χ2n) is 5.80. The zero-order chi connectivity index (χ0) is 17.1. The molecule has 0 saturated heterocycles. The van der Waals surface area contributed by atoms with Gasteiger partial charge in [0.05, 0.1) is 18.0 Å². The molecule has 2 aromatic carbocycles. The molecule has 0 aliphatic heterocycles. The van der Waals surface area contributed by atoms with Crippen LogP contribution in [0.2, 0.25) is 0 Å². The van der Waals surface area contributed by atoms with Gasteiger partial charge in [-0.1, -0.05) is 35.9 Å². The van der Waals surface area contributed by atoms with E-state index in [1.807, 2.05) is 31.2 Å². The monoisotopic (exact) mass is 338 g/mol. The number of aromatic nitrogens is 1. The van der Waals surface area contributed by atoms with Crippen molar-refractivity contribution in [3.8, 4) is 17.0 Å². The third kappa shape index (κ3) is 3.44. The smallest absolute Gasteiger partial charge is 0.188 e. The van der Waals surface area contributed by atoms with E-state index in [0.29, 0.717) is 6.61 Å². The zero-order valence-corrected chi connectivity index (χ0v) is 15.3. The Bertz CT molecular complexity index is 855. The van der Waals surface area contributed by atoms with Gasteiger partial charge in [-0.25, -0.2) is 4.98 Å². The maximum absolute atomic E-state index is 5.68. The molecule has 3 nitrogen and oxygen atoms in total. The number of anilines is 2. The average molecular weight is 338 g/mol. The molecular weight excluding hydrogens is 316 g/mol. The van der Waals surface area contributed by atoms with Gasteiger partial charge in [-0.05, 0) is 45.4 Å². The van der Waals surface area contributed by atoms with E-state index in [1.165, 1.54) is 21.6 Å². The van der Waals surface area contributed by atoms with Crippen molar-refractivity contribution >= 4 is 22.2 Å². The van der Waals surface area contributed by atoms with E-state index < -0.39 is 0 Å². The lowest BCUT2D eigenvalue weighted by Gasteiger charge is -2.10. The summed E-state index contributed by atoms with van der Waals surface area (Å²) >= 11 is 1.67. The van der Waals surface area contributed by atoms with Crippen molar-refractivity contribution in [1.82, 2.24) is 4.98 Å². The van der Waals surface area contributed by atoms with Crippen molar-refractivity contribution in [2.24, 2.45) is 0 Å². The molecule has 0 amide bonds. The van der Waals surface area contributed by atoms with Gasteiger partial charge >= 0.3 is 0 Å². The number of nitrogens with one attached hydrogen (secondary N) is 1. The average Bonchev–Trinajstić information content (AvgIpc) is 2.90. The summed E-state index contributed by atoms with van der Waals surface area (Å²) in [5.41, 5.74) is 5.72. The second-order valence-corrected chi connectivity index (χ2v) is 7.00. The van der Waals surface area contributed by atoms with Crippen LogP contribution in [0.3, 0.4) is 0 Å². The largest absolute Gasteiger partial charge is 0.492 e. The predicted octanol–water partition coefficient (Wildman–Crippen LogP) is 5.88. The first-order valence-electron chi connectivity index (χ1n) is 8.12. The minimum Gasteiger partial charge on any atom is -0.492 e. The van der Waals surface area contributed by atoms with E-state index in [1.54, 1.807) is 11.3 Å². The van der Waals surface area contributed by atoms with Gasteiger partial charge in [0.1, 0.15) is 5.75 Å². The lowest BCUT2D eigenvalue weighted by molar-refractivity contribution is 0.342. The van der Waals surface area contributed by atoms with Crippen molar-refractivity contribution in [2.45, 2.75) is 27.7 Å². The fourth-order valence-electron chi connectivity index (χ4n) is 2.75. The molecule has 0 fully saturated rings. The van der Waals surface area contributed by atoms with Crippen LogP contribution in [0, 0.1) is 20.8 Å². The summed E-state index contributed by atoms with van der Waals surface area (Å²) in [6, 6.07) is 14.4. The quantitative estimate of drug-likeness (QED) is 0.631.